The Morgan fingerprint density at radius 2 is 1.70 bits per heavy atom. The van der Waals surface area contributed by atoms with Crippen molar-refractivity contribution in [3.63, 3.8) is 0 Å². The van der Waals surface area contributed by atoms with Gasteiger partial charge in [0.25, 0.3) is 0 Å². The molecule has 1 aromatic rings. The first-order valence-corrected chi connectivity index (χ1v) is 10.3. The molecule has 0 aliphatic heterocycles. The van der Waals surface area contributed by atoms with E-state index in [9.17, 15) is 4.79 Å². The van der Waals surface area contributed by atoms with Crippen LogP contribution in [0.2, 0.25) is 0 Å². The molecule has 0 radical (unpaired) electrons. The average Bonchev–Trinajstić information content (AvgIpc) is 2.60. The maximum Gasteiger partial charge on any atom is 0.232 e. The minimum atomic E-state index is -0.180. The Balaban J connectivity index is 1.33. The van der Waals surface area contributed by atoms with Crippen molar-refractivity contribution >= 4 is 28.9 Å². The maximum absolute atomic E-state index is 13.0. The largest absolute Gasteiger partial charge is 0.489 e. The van der Waals surface area contributed by atoms with Crippen molar-refractivity contribution in [3.05, 3.63) is 36.4 Å². The molecule has 0 unspecified atom stereocenters. The molecule has 2 N–H and O–H groups in total. The fraction of sp³-hybridized carbons (Fsp3) is 0.545. The summed E-state index contributed by atoms with van der Waals surface area (Å²) >= 11 is 5.40. The van der Waals surface area contributed by atoms with Gasteiger partial charge < -0.3 is 15.4 Å². The second kappa shape index (κ2) is 7.27. The van der Waals surface area contributed by atoms with Gasteiger partial charge in [-0.25, -0.2) is 0 Å². The monoisotopic (exact) mass is 384 g/mol. The number of anilines is 1. The van der Waals surface area contributed by atoms with E-state index in [0.717, 1.165) is 54.0 Å². The fourth-order valence-corrected chi connectivity index (χ4v) is 5.84. The number of rotatable bonds is 5. The molecule has 0 saturated heterocycles. The Morgan fingerprint density at radius 3 is 2.22 bits per heavy atom. The van der Waals surface area contributed by atoms with Gasteiger partial charge in [-0.1, -0.05) is 6.58 Å². The number of ether oxygens (including phenoxy) is 1. The first kappa shape index (κ1) is 18.5. The lowest BCUT2D eigenvalue weighted by Crippen LogP contribution is -2.55. The Labute approximate surface area is 166 Å². The summed E-state index contributed by atoms with van der Waals surface area (Å²) in [6.07, 6.45) is 7.12. The number of carbonyl (C=O) groups excluding carboxylic acids is 1. The highest BCUT2D eigenvalue weighted by Gasteiger charge is 2.54. The standard InChI is InChI=1S/C22H28N2O2S/c1-14(2)13-26-19-5-3-18(4-6-19)23-21(27)24-20(25)22-10-15-7-16(11-22)9-17(8-15)12-22/h3-6,15-17H,1,7-13H2,2H3,(H2,23,24,25,27). The van der Waals surface area contributed by atoms with Gasteiger partial charge in [0.05, 0.1) is 5.41 Å². The maximum atomic E-state index is 13.0. The lowest BCUT2D eigenvalue weighted by Gasteiger charge is -2.55. The van der Waals surface area contributed by atoms with Crippen molar-refractivity contribution in [1.29, 1.82) is 0 Å². The molecule has 5 heteroatoms. The van der Waals surface area contributed by atoms with Gasteiger partial charge in [-0.3, -0.25) is 4.79 Å². The van der Waals surface area contributed by atoms with E-state index < -0.39 is 0 Å². The van der Waals surface area contributed by atoms with E-state index in [2.05, 4.69) is 17.2 Å². The highest BCUT2D eigenvalue weighted by molar-refractivity contribution is 7.80. The number of hydrogen-bond donors (Lipinski definition) is 2. The SMILES string of the molecule is C=C(C)COc1ccc(NC(=S)NC(=O)C23CC4CC(CC(C4)C2)C3)cc1. The van der Waals surface area contributed by atoms with Crippen LogP contribution in [0.5, 0.6) is 5.75 Å². The first-order chi connectivity index (χ1) is 12.9. The molecule has 144 valence electrons. The molecular weight excluding hydrogens is 356 g/mol. The Kier molecular flexibility index (Phi) is 4.97. The van der Waals surface area contributed by atoms with Gasteiger partial charge in [-0.15, -0.1) is 0 Å². The fourth-order valence-electron chi connectivity index (χ4n) is 5.63. The summed E-state index contributed by atoms with van der Waals surface area (Å²) < 4.78 is 5.60. The topological polar surface area (TPSA) is 50.4 Å². The smallest absolute Gasteiger partial charge is 0.232 e. The minimum Gasteiger partial charge on any atom is -0.489 e. The molecule has 4 bridgehead atoms. The normalized spacial score (nSPS) is 30.6. The third kappa shape index (κ3) is 4.03. The van der Waals surface area contributed by atoms with Crippen molar-refractivity contribution < 1.29 is 9.53 Å². The van der Waals surface area contributed by atoms with Crippen LogP contribution in [0.1, 0.15) is 45.4 Å². The van der Waals surface area contributed by atoms with Gasteiger partial charge in [0.2, 0.25) is 5.91 Å². The van der Waals surface area contributed by atoms with Crippen LogP contribution in [0.25, 0.3) is 0 Å². The van der Waals surface area contributed by atoms with Crippen LogP contribution in [0.15, 0.2) is 36.4 Å². The molecule has 4 aliphatic rings. The molecule has 4 saturated carbocycles. The third-order valence-electron chi connectivity index (χ3n) is 6.34. The molecule has 0 atom stereocenters. The number of nitrogens with one attached hydrogen (secondary N) is 2. The van der Waals surface area contributed by atoms with Crippen LogP contribution in [0.4, 0.5) is 5.69 Å². The van der Waals surface area contributed by atoms with Crippen LogP contribution in [-0.2, 0) is 4.79 Å². The van der Waals surface area contributed by atoms with Gasteiger partial charge in [-0.2, -0.15) is 0 Å². The quantitative estimate of drug-likeness (QED) is 0.572. The summed E-state index contributed by atoms with van der Waals surface area (Å²) in [4.78, 5) is 13.0. The van der Waals surface area contributed by atoms with Crippen LogP contribution < -0.4 is 15.4 Å². The second-order valence-corrected chi connectivity index (χ2v) is 9.28. The van der Waals surface area contributed by atoms with Gasteiger partial charge in [0.15, 0.2) is 5.11 Å². The molecule has 27 heavy (non-hydrogen) atoms. The first-order valence-electron chi connectivity index (χ1n) is 9.91. The van der Waals surface area contributed by atoms with E-state index in [4.69, 9.17) is 17.0 Å². The van der Waals surface area contributed by atoms with Crippen LogP contribution >= 0.6 is 12.2 Å². The summed E-state index contributed by atoms with van der Waals surface area (Å²) in [5.74, 6) is 3.15. The summed E-state index contributed by atoms with van der Waals surface area (Å²) in [5, 5.41) is 6.48. The second-order valence-electron chi connectivity index (χ2n) is 8.88. The van der Waals surface area contributed by atoms with Crippen molar-refractivity contribution in [1.82, 2.24) is 5.32 Å². The summed E-state index contributed by atoms with van der Waals surface area (Å²) in [6.45, 7) is 6.26. The Bertz CT molecular complexity index is 721. The molecule has 4 nitrogen and oxygen atoms in total. The molecule has 4 aliphatic carbocycles. The average molecular weight is 385 g/mol. The predicted molar refractivity (Wildman–Crippen MR) is 112 cm³/mol. The zero-order valence-electron chi connectivity index (χ0n) is 15.9. The number of benzene rings is 1. The summed E-state index contributed by atoms with van der Waals surface area (Å²) in [6, 6.07) is 7.57. The highest BCUT2D eigenvalue weighted by Crippen LogP contribution is 2.60. The van der Waals surface area contributed by atoms with E-state index in [1.54, 1.807) is 0 Å². The van der Waals surface area contributed by atoms with Crippen molar-refractivity contribution in [2.75, 3.05) is 11.9 Å². The van der Waals surface area contributed by atoms with E-state index in [-0.39, 0.29) is 11.3 Å². The van der Waals surface area contributed by atoms with Crippen molar-refractivity contribution in [2.24, 2.45) is 23.2 Å². The number of carbonyl (C=O) groups is 1. The lowest BCUT2D eigenvalue weighted by molar-refractivity contribution is -0.144. The Morgan fingerprint density at radius 1 is 1.15 bits per heavy atom. The molecule has 1 amide bonds. The number of hydrogen-bond acceptors (Lipinski definition) is 3. The Hall–Kier alpha value is -1.88. The molecule has 4 fully saturated rings. The molecular formula is C22H28N2O2S. The van der Waals surface area contributed by atoms with E-state index >= 15 is 0 Å². The van der Waals surface area contributed by atoms with Crippen LogP contribution in [0.3, 0.4) is 0 Å². The zero-order chi connectivity index (χ0) is 19.0. The predicted octanol–water partition coefficient (Wildman–Crippen LogP) is 4.67. The molecule has 5 rings (SSSR count). The zero-order valence-corrected chi connectivity index (χ0v) is 16.7. The summed E-state index contributed by atoms with van der Waals surface area (Å²) in [5.41, 5.74) is 1.64. The van der Waals surface area contributed by atoms with Crippen LogP contribution in [-0.4, -0.2) is 17.6 Å². The van der Waals surface area contributed by atoms with Gasteiger partial charge in [-0.05, 0) is 105 Å². The van der Waals surface area contributed by atoms with E-state index in [1.165, 1.54) is 19.3 Å². The summed E-state index contributed by atoms with van der Waals surface area (Å²) in [7, 11) is 0. The lowest BCUT2D eigenvalue weighted by atomic mass is 9.49. The number of thiocarbonyl (C=S) groups is 1. The van der Waals surface area contributed by atoms with Gasteiger partial charge in [0.1, 0.15) is 12.4 Å². The van der Waals surface area contributed by atoms with Crippen molar-refractivity contribution in [3.8, 4) is 5.75 Å². The molecule has 1 aromatic carbocycles. The molecule has 0 aromatic heterocycles. The minimum absolute atomic E-state index is 0.125. The third-order valence-corrected chi connectivity index (χ3v) is 6.55. The molecule has 0 spiro atoms. The van der Waals surface area contributed by atoms with E-state index in [1.807, 2.05) is 31.2 Å². The molecule has 0 heterocycles. The van der Waals surface area contributed by atoms with Crippen LogP contribution in [0, 0.1) is 23.2 Å². The van der Waals surface area contributed by atoms with Gasteiger partial charge >= 0.3 is 0 Å². The van der Waals surface area contributed by atoms with Crippen molar-refractivity contribution in [2.45, 2.75) is 45.4 Å². The van der Waals surface area contributed by atoms with Gasteiger partial charge in [0, 0.05) is 5.69 Å². The highest BCUT2D eigenvalue weighted by atomic mass is 32.1. The number of amides is 1. The van der Waals surface area contributed by atoms with E-state index in [0.29, 0.717) is 11.7 Å².